The Hall–Kier alpha value is -3.05. The zero-order valence-electron chi connectivity index (χ0n) is 15.9. The van der Waals surface area contributed by atoms with Gasteiger partial charge in [0.25, 0.3) is 5.91 Å². The van der Waals surface area contributed by atoms with Gasteiger partial charge in [0.05, 0.1) is 11.9 Å². The number of carbonyl (C=O) groups is 1. The summed E-state index contributed by atoms with van der Waals surface area (Å²) >= 11 is 0. The Labute approximate surface area is 160 Å². The van der Waals surface area contributed by atoms with Crippen molar-refractivity contribution in [1.82, 2.24) is 20.2 Å². The molecule has 5 nitrogen and oxygen atoms in total. The SMILES string of the molecule is Cc1cnc(C(=O)NCc2ccccc2-c2ccc(CN(C)C)cc2)cn1. The van der Waals surface area contributed by atoms with Crippen LogP contribution >= 0.6 is 0 Å². The highest BCUT2D eigenvalue weighted by Gasteiger charge is 2.10. The number of amides is 1. The molecule has 0 unspecified atom stereocenters. The van der Waals surface area contributed by atoms with Crippen molar-refractivity contribution in [3.8, 4) is 11.1 Å². The first-order valence-electron chi connectivity index (χ1n) is 8.92. The highest BCUT2D eigenvalue weighted by atomic mass is 16.1. The Bertz CT molecular complexity index is 902. The van der Waals surface area contributed by atoms with Crippen molar-refractivity contribution in [2.45, 2.75) is 20.0 Å². The number of nitrogens with one attached hydrogen (secondary N) is 1. The molecule has 0 saturated carbocycles. The quantitative estimate of drug-likeness (QED) is 0.731. The van der Waals surface area contributed by atoms with Crippen molar-refractivity contribution in [1.29, 1.82) is 0 Å². The number of aryl methyl sites for hydroxylation is 1. The van der Waals surface area contributed by atoms with Crippen LogP contribution in [0.15, 0.2) is 60.9 Å². The number of hydrogen-bond acceptors (Lipinski definition) is 4. The van der Waals surface area contributed by atoms with Crippen LogP contribution in [0.3, 0.4) is 0 Å². The standard InChI is InChI=1S/C22H24N4O/c1-16-12-24-21(14-23-16)22(27)25-13-19-6-4-5-7-20(19)18-10-8-17(9-11-18)15-26(2)3/h4-12,14H,13,15H2,1-3H3,(H,25,27). The molecule has 138 valence electrons. The summed E-state index contributed by atoms with van der Waals surface area (Å²) in [5.41, 5.74) is 5.70. The molecule has 0 saturated heterocycles. The van der Waals surface area contributed by atoms with Crippen LogP contribution in [0.5, 0.6) is 0 Å². The van der Waals surface area contributed by atoms with E-state index in [1.54, 1.807) is 6.20 Å². The maximum atomic E-state index is 12.3. The molecule has 2 aromatic carbocycles. The third-order valence-corrected chi connectivity index (χ3v) is 4.23. The number of aromatic nitrogens is 2. The van der Waals surface area contributed by atoms with Crippen molar-refractivity contribution in [2.75, 3.05) is 14.1 Å². The van der Waals surface area contributed by atoms with Crippen molar-refractivity contribution in [2.24, 2.45) is 0 Å². The van der Waals surface area contributed by atoms with E-state index in [9.17, 15) is 4.79 Å². The Kier molecular flexibility index (Phi) is 5.94. The van der Waals surface area contributed by atoms with Gasteiger partial charge in [-0.3, -0.25) is 9.78 Å². The van der Waals surface area contributed by atoms with Crippen molar-refractivity contribution in [3.63, 3.8) is 0 Å². The smallest absolute Gasteiger partial charge is 0.271 e. The maximum Gasteiger partial charge on any atom is 0.271 e. The fraction of sp³-hybridized carbons (Fsp3) is 0.227. The molecular formula is C22H24N4O. The molecule has 1 N–H and O–H groups in total. The number of benzene rings is 2. The molecule has 5 heteroatoms. The molecule has 0 spiro atoms. The molecule has 3 aromatic rings. The van der Waals surface area contributed by atoms with E-state index in [0.29, 0.717) is 12.2 Å². The molecule has 0 bridgehead atoms. The first-order chi connectivity index (χ1) is 13.0. The monoisotopic (exact) mass is 360 g/mol. The molecule has 1 heterocycles. The van der Waals surface area contributed by atoms with E-state index in [-0.39, 0.29) is 5.91 Å². The largest absolute Gasteiger partial charge is 0.347 e. The molecular weight excluding hydrogens is 336 g/mol. The molecule has 0 atom stereocenters. The highest BCUT2D eigenvalue weighted by molar-refractivity contribution is 5.92. The normalized spacial score (nSPS) is 10.8. The van der Waals surface area contributed by atoms with Crippen molar-refractivity contribution >= 4 is 5.91 Å². The minimum atomic E-state index is -0.223. The van der Waals surface area contributed by atoms with E-state index in [1.165, 1.54) is 11.8 Å². The summed E-state index contributed by atoms with van der Waals surface area (Å²) in [6, 6.07) is 16.7. The average molecular weight is 360 g/mol. The van der Waals surface area contributed by atoms with Crippen LogP contribution in [0.2, 0.25) is 0 Å². The Morgan fingerprint density at radius 2 is 1.74 bits per heavy atom. The van der Waals surface area contributed by atoms with E-state index in [1.807, 2.05) is 25.1 Å². The Morgan fingerprint density at radius 1 is 1.00 bits per heavy atom. The predicted octanol–water partition coefficient (Wildman–Crippen LogP) is 3.44. The summed E-state index contributed by atoms with van der Waals surface area (Å²) < 4.78 is 0. The average Bonchev–Trinajstić information content (AvgIpc) is 2.67. The molecule has 3 rings (SSSR count). The summed E-state index contributed by atoms with van der Waals surface area (Å²) in [4.78, 5) is 22.7. The van der Waals surface area contributed by atoms with Gasteiger partial charge < -0.3 is 10.2 Å². The summed E-state index contributed by atoms with van der Waals surface area (Å²) in [6.07, 6.45) is 3.10. The lowest BCUT2D eigenvalue weighted by molar-refractivity contribution is 0.0945. The lowest BCUT2D eigenvalue weighted by Crippen LogP contribution is -2.24. The van der Waals surface area contributed by atoms with Crippen LogP contribution in [-0.2, 0) is 13.1 Å². The summed E-state index contributed by atoms with van der Waals surface area (Å²) in [7, 11) is 4.12. The van der Waals surface area contributed by atoms with Crippen LogP contribution < -0.4 is 5.32 Å². The number of nitrogens with zero attached hydrogens (tertiary/aromatic N) is 3. The molecule has 0 aliphatic heterocycles. The topological polar surface area (TPSA) is 58.1 Å². The molecule has 27 heavy (non-hydrogen) atoms. The zero-order chi connectivity index (χ0) is 19.2. The second kappa shape index (κ2) is 8.56. The van der Waals surface area contributed by atoms with Crippen LogP contribution in [0.25, 0.3) is 11.1 Å². The van der Waals surface area contributed by atoms with Crippen LogP contribution in [0.1, 0.15) is 27.3 Å². The second-order valence-electron chi connectivity index (χ2n) is 6.82. The summed E-state index contributed by atoms with van der Waals surface area (Å²) in [6.45, 7) is 3.19. The minimum absolute atomic E-state index is 0.223. The summed E-state index contributed by atoms with van der Waals surface area (Å²) in [5.74, 6) is -0.223. The number of hydrogen-bond donors (Lipinski definition) is 1. The first kappa shape index (κ1) is 18.7. The fourth-order valence-corrected chi connectivity index (χ4v) is 2.89. The summed E-state index contributed by atoms with van der Waals surface area (Å²) in [5, 5.41) is 2.93. The molecule has 0 aliphatic carbocycles. The molecule has 0 fully saturated rings. The first-order valence-corrected chi connectivity index (χ1v) is 8.92. The second-order valence-corrected chi connectivity index (χ2v) is 6.82. The van der Waals surface area contributed by atoms with E-state index >= 15 is 0 Å². The fourth-order valence-electron chi connectivity index (χ4n) is 2.89. The van der Waals surface area contributed by atoms with Crippen LogP contribution in [-0.4, -0.2) is 34.9 Å². The van der Waals surface area contributed by atoms with Crippen molar-refractivity contribution < 1.29 is 4.79 Å². The zero-order valence-corrected chi connectivity index (χ0v) is 15.9. The van der Waals surface area contributed by atoms with Gasteiger partial charge in [-0.25, -0.2) is 4.98 Å². The highest BCUT2D eigenvalue weighted by Crippen LogP contribution is 2.24. The van der Waals surface area contributed by atoms with E-state index in [0.717, 1.165) is 28.9 Å². The van der Waals surface area contributed by atoms with Crippen LogP contribution in [0, 0.1) is 6.92 Å². The van der Waals surface area contributed by atoms with Gasteiger partial charge in [-0.2, -0.15) is 0 Å². The molecule has 0 radical (unpaired) electrons. The maximum absolute atomic E-state index is 12.3. The van der Waals surface area contributed by atoms with Crippen molar-refractivity contribution in [3.05, 3.63) is 83.4 Å². The minimum Gasteiger partial charge on any atom is -0.347 e. The molecule has 1 amide bonds. The van der Waals surface area contributed by atoms with E-state index in [4.69, 9.17) is 0 Å². The van der Waals surface area contributed by atoms with E-state index in [2.05, 4.69) is 64.6 Å². The molecule has 1 aromatic heterocycles. The van der Waals surface area contributed by atoms with Gasteiger partial charge in [-0.15, -0.1) is 0 Å². The van der Waals surface area contributed by atoms with Gasteiger partial charge in [-0.1, -0.05) is 48.5 Å². The number of carbonyl (C=O) groups excluding carboxylic acids is 1. The van der Waals surface area contributed by atoms with Gasteiger partial charge in [0, 0.05) is 19.3 Å². The lowest BCUT2D eigenvalue weighted by Gasteiger charge is -2.13. The van der Waals surface area contributed by atoms with Gasteiger partial charge in [0.1, 0.15) is 5.69 Å². The van der Waals surface area contributed by atoms with Gasteiger partial charge >= 0.3 is 0 Å². The third kappa shape index (κ3) is 4.99. The van der Waals surface area contributed by atoms with Crippen LogP contribution in [0.4, 0.5) is 0 Å². The van der Waals surface area contributed by atoms with Gasteiger partial charge in [0.2, 0.25) is 0 Å². The Balaban J connectivity index is 1.74. The van der Waals surface area contributed by atoms with Gasteiger partial charge in [-0.05, 0) is 43.3 Å². The van der Waals surface area contributed by atoms with E-state index < -0.39 is 0 Å². The molecule has 0 aliphatic rings. The van der Waals surface area contributed by atoms with Gasteiger partial charge in [0.15, 0.2) is 0 Å². The third-order valence-electron chi connectivity index (χ3n) is 4.23. The lowest BCUT2D eigenvalue weighted by atomic mass is 9.98. The number of rotatable bonds is 6. The Morgan fingerprint density at radius 3 is 2.41 bits per heavy atom. The predicted molar refractivity (Wildman–Crippen MR) is 107 cm³/mol.